The van der Waals surface area contributed by atoms with Crippen LogP contribution in [0.15, 0.2) is 41.6 Å². The van der Waals surface area contributed by atoms with Gasteiger partial charge in [-0.25, -0.2) is 8.42 Å². The molecule has 0 saturated heterocycles. The molecule has 0 aliphatic carbocycles. The van der Waals surface area contributed by atoms with Gasteiger partial charge in [0.05, 0.1) is 28.5 Å². The van der Waals surface area contributed by atoms with Crippen LogP contribution in [0, 0.1) is 0 Å². The largest absolute Gasteiger partial charge is 0.501 e. The number of benzene rings is 1. The fraction of sp³-hybridized carbons (Fsp3) is 0.0909. The predicted octanol–water partition coefficient (Wildman–Crippen LogP) is 1.15. The molecular weight excluding hydrogens is 325 g/mol. The number of rotatable bonds is 4. The summed E-state index contributed by atoms with van der Waals surface area (Å²) in [6.45, 7) is 0. The van der Waals surface area contributed by atoms with Crippen molar-refractivity contribution in [3.05, 3.63) is 42.2 Å². The lowest BCUT2D eigenvalue weighted by molar-refractivity contribution is -0.0436. The van der Waals surface area contributed by atoms with Gasteiger partial charge in [0, 0.05) is 0 Å². The van der Waals surface area contributed by atoms with Gasteiger partial charge in [0.25, 0.3) is 15.7 Å². The van der Waals surface area contributed by atoms with Gasteiger partial charge in [-0.05, 0) is 24.3 Å². The van der Waals surface area contributed by atoms with E-state index >= 15 is 0 Å². The van der Waals surface area contributed by atoms with E-state index < -0.39 is 26.1 Å². The highest BCUT2D eigenvalue weighted by Crippen LogP contribution is 2.30. The van der Waals surface area contributed by atoms with Gasteiger partial charge in [0.1, 0.15) is 0 Å². The molecule has 0 fully saturated rings. The van der Waals surface area contributed by atoms with Crippen molar-refractivity contribution in [2.45, 2.75) is 10.4 Å². The van der Waals surface area contributed by atoms with Gasteiger partial charge in [-0.2, -0.15) is 23.1 Å². The summed E-state index contributed by atoms with van der Waals surface area (Å²) in [5.74, 6) is -0.695. The van der Waals surface area contributed by atoms with E-state index in [1.807, 2.05) is 0 Å². The van der Waals surface area contributed by atoms with Crippen molar-refractivity contribution in [2.24, 2.45) is 5.73 Å². The van der Waals surface area contributed by atoms with Crippen molar-refractivity contribution in [1.82, 2.24) is 9.89 Å². The van der Waals surface area contributed by atoms with Gasteiger partial charge in [-0.3, -0.25) is 10.2 Å². The summed E-state index contributed by atoms with van der Waals surface area (Å²) in [6.07, 6.45) is 2.46. The zero-order valence-corrected chi connectivity index (χ0v) is 11.5. The summed E-state index contributed by atoms with van der Waals surface area (Å²) >= 11 is 0. The molecule has 3 N–H and O–H groups in total. The Balaban J connectivity index is 2.20. The first-order valence-electron chi connectivity index (χ1n) is 5.64. The molecule has 0 unspecified atom stereocenters. The quantitative estimate of drug-likeness (QED) is 0.872. The van der Waals surface area contributed by atoms with Gasteiger partial charge in [0.15, 0.2) is 0 Å². The third kappa shape index (κ3) is 3.03. The van der Waals surface area contributed by atoms with Crippen LogP contribution in [0.1, 0.15) is 10.4 Å². The summed E-state index contributed by atoms with van der Waals surface area (Å²) in [5, 5.41) is 3.75. The molecule has 118 valence electrons. The number of nitrogens with one attached hydrogen (secondary N) is 1. The Morgan fingerprint density at radius 3 is 2.27 bits per heavy atom. The first kappa shape index (κ1) is 15.8. The fourth-order valence-electron chi connectivity index (χ4n) is 1.49. The van der Waals surface area contributed by atoms with E-state index in [9.17, 15) is 26.4 Å². The molecule has 1 aromatic heterocycles. The van der Waals surface area contributed by atoms with Crippen LogP contribution in [-0.4, -0.2) is 29.7 Å². The zero-order chi connectivity index (χ0) is 16.5. The summed E-state index contributed by atoms with van der Waals surface area (Å²) in [5.41, 5.74) is 2.69. The molecule has 0 saturated carbocycles. The Morgan fingerprint density at radius 2 is 1.82 bits per heavy atom. The van der Waals surface area contributed by atoms with Crippen LogP contribution in [0.3, 0.4) is 0 Å². The topological polar surface area (TPSA) is 107 Å². The molecule has 0 spiro atoms. The molecule has 0 aliphatic heterocycles. The van der Waals surface area contributed by atoms with Crippen molar-refractivity contribution < 1.29 is 26.4 Å². The van der Waals surface area contributed by atoms with Crippen LogP contribution in [0.25, 0.3) is 0 Å². The molecule has 22 heavy (non-hydrogen) atoms. The van der Waals surface area contributed by atoms with Crippen molar-refractivity contribution in [2.75, 3.05) is 5.43 Å². The molecule has 0 atom stereocenters. The standard InChI is InChI=1S/C11H9F3N4O3S/c12-11(13,14)22(20,21)9-3-1-8(2-4-9)17-18-6-7(5-16-18)10(15)19/h1-6,17H,(H2,15,19). The molecule has 2 aromatic rings. The van der Waals surface area contributed by atoms with Crippen LogP contribution < -0.4 is 11.2 Å². The average molecular weight is 334 g/mol. The lowest BCUT2D eigenvalue weighted by Crippen LogP contribution is -2.23. The van der Waals surface area contributed by atoms with E-state index in [0.29, 0.717) is 0 Å². The first-order valence-corrected chi connectivity index (χ1v) is 7.12. The van der Waals surface area contributed by atoms with Gasteiger partial charge in [-0.1, -0.05) is 0 Å². The van der Waals surface area contributed by atoms with Gasteiger partial charge < -0.3 is 5.73 Å². The van der Waals surface area contributed by atoms with Crippen LogP contribution in [-0.2, 0) is 9.84 Å². The minimum absolute atomic E-state index is 0.128. The number of halogens is 3. The van der Waals surface area contributed by atoms with Gasteiger partial charge in [0.2, 0.25) is 0 Å². The fourth-order valence-corrected chi connectivity index (χ4v) is 2.25. The third-order valence-electron chi connectivity index (χ3n) is 2.58. The Labute approximate surface area is 122 Å². The van der Waals surface area contributed by atoms with E-state index in [1.165, 1.54) is 12.4 Å². The maximum absolute atomic E-state index is 12.4. The number of amides is 1. The number of nitrogens with two attached hydrogens (primary N) is 1. The van der Waals surface area contributed by atoms with Crippen molar-refractivity contribution in [1.29, 1.82) is 0 Å². The number of aromatic nitrogens is 2. The highest BCUT2D eigenvalue weighted by molar-refractivity contribution is 7.92. The number of carbonyl (C=O) groups is 1. The normalized spacial score (nSPS) is 12.1. The Kier molecular flexibility index (Phi) is 3.83. The van der Waals surface area contributed by atoms with Crippen LogP contribution >= 0.6 is 0 Å². The number of anilines is 1. The second-order valence-electron chi connectivity index (χ2n) is 4.12. The second kappa shape index (κ2) is 5.33. The Bertz CT molecular complexity index is 797. The molecule has 0 radical (unpaired) electrons. The van der Waals surface area contributed by atoms with Crippen LogP contribution in [0.2, 0.25) is 0 Å². The number of alkyl halides is 3. The monoisotopic (exact) mass is 334 g/mol. The Hall–Kier alpha value is -2.56. The maximum atomic E-state index is 12.4. The molecule has 7 nitrogen and oxygen atoms in total. The summed E-state index contributed by atoms with van der Waals surface area (Å²) < 4.78 is 59.5. The molecule has 1 amide bonds. The molecule has 11 heteroatoms. The van der Waals surface area contributed by atoms with Gasteiger partial charge >= 0.3 is 5.51 Å². The molecule has 2 rings (SSSR count). The van der Waals surface area contributed by atoms with E-state index in [4.69, 9.17) is 5.73 Å². The molecule has 1 aromatic carbocycles. The number of hydrogen-bond donors (Lipinski definition) is 2. The van der Waals surface area contributed by atoms with Crippen molar-refractivity contribution in [3.8, 4) is 0 Å². The Morgan fingerprint density at radius 1 is 1.23 bits per heavy atom. The number of primary amides is 1. The highest BCUT2D eigenvalue weighted by Gasteiger charge is 2.46. The number of carbonyl (C=O) groups excluding carboxylic acids is 1. The summed E-state index contributed by atoms with van der Waals surface area (Å²) in [6, 6.07) is 3.88. The summed E-state index contributed by atoms with van der Waals surface area (Å²) in [7, 11) is -5.38. The number of sulfone groups is 1. The first-order chi connectivity index (χ1) is 10.1. The lowest BCUT2D eigenvalue weighted by atomic mass is 10.3. The predicted molar refractivity (Wildman–Crippen MR) is 69.4 cm³/mol. The van der Waals surface area contributed by atoms with Crippen molar-refractivity contribution in [3.63, 3.8) is 0 Å². The van der Waals surface area contributed by atoms with E-state index in [1.54, 1.807) is 0 Å². The minimum Gasteiger partial charge on any atom is -0.365 e. The third-order valence-corrected chi connectivity index (χ3v) is 4.08. The number of nitrogens with zero attached hydrogens (tertiary/aromatic N) is 2. The van der Waals surface area contributed by atoms with Crippen LogP contribution in [0.4, 0.5) is 18.9 Å². The summed E-state index contributed by atoms with van der Waals surface area (Å²) in [4.78, 5) is 11.1. The smallest absolute Gasteiger partial charge is 0.365 e. The maximum Gasteiger partial charge on any atom is 0.501 e. The molecular formula is C11H9F3N4O3S. The van der Waals surface area contributed by atoms with E-state index in [2.05, 4.69) is 10.5 Å². The van der Waals surface area contributed by atoms with Gasteiger partial charge in [-0.15, -0.1) is 0 Å². The van der Waals surface area contributed by atoms with E-state index in [-0.39, 0.29) is 11.3 Å². The average Bonchev–Trinajstić information content (AvgIpc) is 2.87. The molecule has 0 aliphatic rings. The SMILES string of the molecule is NC(=O)c1cnn(Nc2ccc(S(=O)(=O)C(F)(F)F)cc2)c1. The van der Waals surface area contributed by atoms with E-state index in [0.717, 1.165) is 29.1 Å². The van der Waals surface area contributed by atoms with Crippen molar-refractivity contribution >= 4 is 21.4 Å². The molecule has 0 bridgehead atoms. The molecule has 1 heterocycles. The second-order valence-corrected chi connectivity index (χ2v) is 6.06. The zero-order valence-electron chi connectivity index (χ0n) is 10.7. The highest BCUT2D eigenvalue weighted by atomic mass is 32.2. The lowest BCUT2D eigenvalue weighted by Gasteiger charge is -2.09. The number of hydrogen-bond acceptors (Lipinski definition) is 5. The van der Waals surface area contributed by atoms with Crippen LogP contribution in [0.5, 0.6) is 0 Å². The minimum atomic E-state index is -5.38.